The van der Waals surface area contributed by atoms with E-state index in [9.17, 15) is 10.2 Å². The maximum absolute atomic E-state index is 9.95. The third-order valence-electron chi connectivity index (χ3n) is 4.85. The Hall–Kier alpha value is -0.200. The Morgan fingerprint density at radius 2 is 1.38 bits per heavy atom. The van der Waals surface area contributed by atoms with Gasteiger partial charge in [0, 0.05) is 6.61 Å². The first kappa shape index (κ1) is 21.8. The normalized spacial score (nSPS) is 27.5. The second kappa shape index (κ2) is 14.0. The molecule has 0 aromatic rings. The van der Waals surface area contributed by atoms with Gasteiger partial charge in [-0.15, -0.1) is 0 Å². The van der Waals surface area contributed by atoms with Crippen molar-refractivity contribution < 1.29 is 24.8 Å². The Morgan fingerprint density at radius 1 is 0.833 bits per heavy atom. The van der Waals surface area contributed by atoms with Crippen LogP contribution in [0.25, 0.3) is 0 Å². The average molecular weight is 347 g/mol. The van der Waals surface area contributed by atoms with Crippen molar-refractivity contribution >= 4 is 0 Å². The minimum absolute atomic E-state index is 0.224. The molecule has 0 aromatic heterocycles. The summed E-state index contributed by atoms with van der Waals surface area (Å²) >= 11 is 0. The molecule has 0 aliphatic carbocycles. The van der Waals surface area contributed by atoms with Crippen LogP contribution in [0.2, 0.25) is 0 Å². The summed E-state index contributed by atoms with van der Waals surface area (Å²) in [5.74, 6) is 0. The van der Waals surface area contributed by atoms with Gasteiger partial charge in [0.05, 0.1) is 13.2 Å². The Bertz CT molecular complexity index is 287. The highest BCUT2D eigenvalue weighted by molar-refractivity contribution is 4.87. The van der Waals surface area contributed by atoms with Crippen molar-refractivity contribution in [3.63, 3.8) is 0 Å². The lowest BCUT2D eigenvalue weighted by Crippen LogP contribution is -2.55. The van der Waals surface area contributed by atoms with Gasteiger partial charge in [0.1, 0.15) is 24.4 Å². The molecule has 5 nitrogen and oxygen atoms in total. The summed E-state index contributed by atoms with van der Waals surface area (Å²) in [6, 6.07) is 0. The second-order valence-electron chi connectivity index (χ2n) is 6.98. The number of hydrogen-bond acceptors (Lipinski definition) is 5. The summed E-state index contributed by atoms with van der Waals surface area (Å²) < 4.78 is 10.9. The van der Waals surface area contributed by atoms with Gasteiger partial charge in [-0.1, -0.05) is 71.1 Å². The van der Waals surface area contributed by atoms with Crippen LogP contribution in [0.3, 0.4) is 0 Å². The van der Waals surface area contributed by atoms with Crippen molar-refractivity contribution in [1.82, 2.24) is 0 Å². The highest BCUT2D eigenvalue weighted by atomic mass is 16.6. The fourth-order valence-corrected chi connectivity index (χ4v) is 3.16. The van der Waals surface area contributed by atoms with Crippen LogP contribution in [-0.4, -0.2) is 59.6 Å². The molecular weight excluding hydrogens is 308 g/mol. The fourth-order valence-electron chi connectivity index (χ4n) is 3.16. The third-order valence-corrected chi connectivity index (χ3v) is 4.85. The minimum atomic E-state index is -1.08. The van der Waals surface area contributed by atoms with Crippen LogP contribution in [0.4, 0.5) is 0 Å². The molecule has 144 valence electrons. The van der Waals surface area contributed by atoms with E-state index in [2.05, 4.69) is 6.92 Å². The van der Waals surface area contributed by atoms with Crippen LogP contribution in [0.15, 0.2) is 0 Å². The van der Waals surface area contributed by atoms with Gasteiger partial charge in [0.25, 0.3) is 0 Å². The Labute approximate surface area is 147 Å². The van der Waals surface area contributed by atoms with Gasteiger partial charge in [-0.05, 0) is 6.42 Å². The fraction of sp³-hybridized carbons (Fsp3) is 1.00. The van der Waals surface area contributed by atoms with E-state index in [1.807, 2.05) is 0 Å². The molecule has 3 N–H and O–H groups in total. The summed E-state index contributed by atoms with van der Waals surface area (Å²) in [6.45, 7) is 2.77. The highest BCUT2D eigenvalue weighted by Crippen LogP contribution is 2.18. The van der Waals surface area contributed by atoms with E-state index in [-0.39, 0.29) is 13.2 Å². The summed E-state index contributed by atoms with van der Waals surface area (Å²) in [6.07, 6.45) is 10.9. The topological polar surface area (TPSA) is 79.2 Å². The predicted octanol–water partition coefficient (Wildman–Crippen LogP) is 2.80. The Balaban J connectivity index is 1.90. The van der Waals surface area contributed by atoms with E-state index in [1.165, 1.54) is 57.8 Å². The lowest BCUT2D eigenvalue weighted by atomic mass is 10.0. The standard InChI is InChI=1S/C19H38O5/c1-2-3-4-5-6-7-8-9-10-11-12-13-23-17-15-24-16(14-20)18(21)19(17)22/h16-22H,2-15H2,1H3/t16-,17+,18-,19-/m0/s1. The monoisotopic (exact) mass is 346 g/mol. The van der Waals surface area contributed by atoms with Gasteiger partial charge in [-0.3, -0.25) is 0 Å². The van der Waals surface area contributed by atoms with Crippen molar-refractivity contribution in [2.24, 2.45) is 0 Å². The van der Waals surface area contributed by atoms with Gasteiger partial charge in [-0.2, -0.15) is 0 Å². The largest absolute Gasteiger partial charge is 0.394 e. The molecule has 0 bridgehead atoms. The first-order valence-corrected chi connectivity index (χ1v) is 9.90. The highest BCUT2D eigenvalue weighted by Gasteiger charge is 2.38. The molecular formula is C19H38O5. The van der Waals surface area contributed by atoms with Gasteiger partial charge < -0.3 is 24.8 Å². The molecule has 1 rings (SSSR count). The summed E-state index contributed by atoms with van der Waals surface area (Å²) in [5, 5.41) is 28.8. The maximum atomic E-state index is 9.95. The van der Waals surface area contributed by atoms with Gasteiger partial charge >= 0.3 is 0 Å². The lowest BCUT2D eigenvalue weighted by Gasteiger charge is -2.36. The number of rotatable bonds is 14. The number of aliphatic hydroxyl groups is 3. The zero-order valence-electron chi connectivity index (χ0n) is 15.4. The zero-order valence-corrected chi connectivity index (χ0v) is 15.4. The van der Waals surface area contributed by atoms with Crippen LogP contribution in [0.5, 0.6) is 0 Å². The molecule has 1 fully saturated rings. The van der Waals surface area contributed by atoms with E-state index in [0.717, 1.165) is 12.8 Å². The SMILES string of the molecule is CCCCCCCCCCCCCO[C@@H]1CO[C@@H](CO)[C@H](O)[C@H]1O. The zero-order chi connectivity index (χ0) is 17.6. The minimum Gasteiger partial charge on any atom is -0.394 e. The Kier molecular flexibility index (Phi) is 12.8. The number of unbranched alkanes of at least 4 members (excludes halogenated alkanes) is 10. The second-order valence-corrected chi connectivity index (χ2v) is 6.98. The molecule has 5 heteroatoms. The molecule has 0 radical (unpaired) electrons. The molecule has 0 aromatic carbocycles. The number of ether oxygens (including phenoxy) is 2. The smallest absolute Gasteiger partial charge is 0.111 e. The quantitative estimate of drug-likeness (QED) is 0.422. The van der Waals surface area contributed by atoms with E-state index in [0.29, 0.717) is 6.61 Å². The molecule has 0 unspecified atom stereocenters. The van der Waals surface area contributed by atoms with Crippen LogP contribution in [0.1, 0.15) is 77.6 Å². The first-order valence-electron chi connectivity index (χ1n) is 9.90. The van der Waals surface area contributed by atoms with E-state index >= 15 is 0 Å². The lowest BCUT2D eigenvalue weighted by molar-refractivity contribution is -0.208. The van der Waals surface area contributed by atoms with Crippen molar-refractivity contribution in [1.29, 1.82) is 0 Å². The van der Waals surface area contributed by atoms with E-state index < -0.39 is 24.4 Å². The number of aliphatic hydroxyl groups excluding tert-OH is 3. The van der Waals surface area contributed by atoms with E-state index in [4.69, 9.17) is 14.6 Å². The maximum Gasteiger partial charge on any atom is 0.111 e. The van der Waals surface area contributed by atoms with Crippen molar-refractivity contribution in [2.45, 2.75) is 102 Å². The van der Waals surface area contributed by atoms with Gasteiger partial charge in [0.15, 0.2) is 0 Å². The summed E-state index contributed by atoms with van der Waals surface area (Å²) in [5.41, 5.74) is 0. The molecule has 1 aliphatic heterocycles. The average Bonchev–Trinajstić information content (AvgIpc) is 2.59. The van der Waals surface area contributed by atoms with Gasteiger partial charge in [-0.25, -0.2) is 0 Å². The van der Waals surface area contributed by atoms with Crippen LogP contribution < -0.4 is 0 Å². The molecule has 0 amide bonds. The molecule has 0 saturated carbocycles. The van der Waals surface area contributed by atoms with Crippen molar-refractivity contribution in [3.8, 4) is 0 Å². The third kappa shape index (κ3) is 8.77. The molecule has 24 heavy (non-hydrogen) atoms. The molecule has 4 atom stereocenters. The van der Waals surface area contributed by atoms with Crippen molar-refractivity contribution in [3.05, 3.63) is 0 Å². The molecule has 0 spiro atoms. The van der Waals surface area contributed by atoms with E-state index in [1.54, 1.807) is 0 Å². The first-order chi connectivity index (χ1) is 11.7. The van der Waals surface area contributed by atoms with Gasteiger partial charge in [0.2, 0.25) is 0 Å². The van der Waals surface area contributed by atoms with Crippen LogP contribution in [0, 0.1) is 0 Å². The van der Waals surface area contributed by atoms with Crippen molar-refractivity contribution in [2.75, 3.05) is 19.8 Å². The summed E-state index contributed by atoms with van der Waals surface area (Å²) in [4.78, 5) is 0. The number of hydrogen-bond donors (Lipinski definition) is 3. The Morgan fingerprint density at radius 3 is 1.92 bits per heavy atom. The molecule has 1 heterocycles. The van der Waals surface area contributed by atoms with Crippen LogP contribution in [-0.2, 0) is 9.47 Å². The molecule has 1 aliphatic rings. The van der Waals surface area contributed by atoms with Crippen LogP contribution >= 0.6 is 0 Å². The summed E-state index contributed by atoms with van der Waals surface area (Å²) in [7, 11) is 0. The predicted molar refractivity (Wildman–Crippen MR) is 95.0 cm³/mol. The molecule has 1 saturated heterocycles.